The highest BCUT2D eigenvalue weighted by Gasteiger charge is 2.29. The zero-order valence-electron chi connectivity index (χ0n) is 12.5. The van der Waals surface area contributed by atoms with Gasteiger partial charge in [-0.2, -0.15) is 0 Å². The molecule has 1 unspecified atom stereocenters. The third-order valence-electron chi connectivity index (χ3n) is 4.45. The van der Waals surface area contributed by atoms with Crippen molar-refractivity contribution in [3.63, 3.8) is 0 Å². The molecule has 2 fully saturated rings. The summed E-state index contributed by atoms with van der Waals surface area (Å²) >= 11 is 0. The van der Waals surface area contributed by atoms with Crippen LogP contribution in [0.2, 0.25) is 0 Å². The van der Waals surface area contributed by atoms with Gasteiger partial charge in [-0.25, -0.2) is 4.98 Å². The lowest BCUT2D eigenvalue weighted by molar-refractivity contribution is 0.133. The van der Waals surface area contributed by atoms with Crippen molar-refractivity contribution in [2.75, 3.05) is 42.9 Å². The fourth-order valence-corrected chi connectivity index (χ4v) is 3.31. The molecule has 0 aromatic carbocycles. The number of piperidine rings is 1. The number of fused-ring (bicyclic) bond motifs is 1. The minimum atomic E-state index is 0.742. The van der Waals surface area contributed by atoms with Crippen molar-refractivity contribution in [3.8, 4) is 0 Å². The zero-order valence-corrected chi connectivity index (χ0v) is 12.5. The standard InChI is InChI=1S/C16H26N4/c1-2-9-17-15-7-5-8-16(18-15)20-12-11-19-10-4-3-6-14(19)13-20/h5,7-8,14H,2-4,6,9-13H2,1H3,(H,17,18). The van der Waals surface area contributed by atoms with Crippen molar-refractivity contribution in [1.29, 1.82) is 0 Å². The van der Waals surface area contributed by atoms with Gasteiger partial charge in [-0.15, -0.1) is 0 Å². The first kappa shape index (κ1) is 13.7. The van der Waals surface area contributed by atoms with Crippen molar-refractivity contribution < 1.29 is 0 Å². The normalized spacial score (nSPS) is 23.4. The molecule has 20 heavy (non-hydrogen) atoms. The van der Waals surface area contributed by atoms with Crippen LogP contribution in [0.15, 0.2) is 18.2 Å². The van der Waals surface area contributed by atoms with Crippen LogP contribution < -0.4 is 10.2 Å². The minimum Gasteiger partial charge on any atom is -0.370 e. The van der Waals surface area contributed by atoms with Gasteiger partial charge in [0, 0.05) is 32.2 Å². The average molecular weight is 274 g/mol. The molecule has 3 heterocycles. The molecular weight excluding hydrogens is 248 g/mol. The van der Waals surface area contributed by atoms with E-state index >= 15 is 0 Å². The van der Waals surface area contributed by atoms with Gasteiger partial charge in [0.05, 0.1) is 0 Å². The summed E-state index contributed by atoms with van der Waals surface area (Å²) in [5.41, 5.74) is 0. The van der Waals surface area contributed by atoms with Crippen LogP contribution in [0.5, 0.6) is 0 Å². The first-order valence-electron chi connectivity index (χ1n) is 8.07. The van der Waals surface area contributed by atoms with Gasteiger partial charge in [-0.3, -0.25) is 4.90 Å². The van der Waals surface area contributed by atoms with Crippen molar-refractivity contribution in [1.82, 2.24) is 9.88 Å². The number of anilines is 2. The molecule has 0 bridgehead atoms. The smallest absolute Gasteiger partial charge is 0.131 e. The Hall–Kier alpha value is -1.29. The average Bonchev–Trinajstić information content (AvgIpc) is 2.53. The van der Waals surface area contributed by atoms with Crippen LogP contribution >= 0.6 is 0 Å². The van der Waals surface area contributed by atoms with Gasteiger partial charge in [0.15, 0.2) is 0 Å². The predicted octanol–water partition coefficient (Wildman–Crippen LogP) is 2.58. The highest BCUT2D eigenvalue weighted by molar-refractivity contribution is 5.47. The van der Waals surface area contributed by atoms with E-state index in [1.165, 1.54) is 32.4 Å². The van der Waals surface area contributed by atoms with Crippen molar-refractivity contribution in [2.45, 2.75) is 38.6 Å². The fraction of sp³-hybridized carbons (Fsp3) is 0.688. The molecule has 2 aliphatic heterocycles. The first-order chi connectivity index (χ1) is 9.86. The van der Waals surface area contributed by atoms with Crippen molar-refractivity contribution in [2.24, 2.45) is 0 Å². The van der Waals surface area contributed by atoms with Crippen LogP contribution in [-0.2, 0) is 0 Å². The number of nitrogens with zero attached hydrogens (tertiary/aromatic N) is 3. The van der Waals surface area contributed by atoms with Crippen molar-refractivity contribution >= 4 is 11.6 Å². The van der Waals surface area contributed by atoms with E-state index in [0.29, 0.717) is 0 Å². The lowest BCUT2D eigenvalue weighted by atomic mass is 9.99. The second-order valence-corrected chi connectivity index (χ2v) is 5.94. The van der Waals surface area contributed by atoms with Gasteiger partial charge in [-0.05, 0) is 37.9 Å². The van der Waals surface area contributed by atoms with Crippen LogP contribution in [0.3, 0.4) is 0 Å². The number of pyridine rings is 1. The number of hydrogen-bond donors (Lipinski definition) is 1. The predicted molar refractivity (Wildman–Crippen MR) is 84.4 cm³/mol. The minimum absolute atomic E-state index is 0.742. The lowest BCUT2D eigenvalue weighted by Gasteiger charge is -2.44. The van der Waals surface area contributed by atoms with Crippen LogP contribution in [0.1, 0.15) is 32.6 Å². The Bertz CT molecular complexity index is 434. The number of hydrogen-bond acceptors (Lipinski definition) is 4. The molecular formula is C16H26N4. The maximum atomic E-state index is 4.77. The zero-order chi connectivity index (χ0) is 13.8. The van der Waals surface area contributed by atoms with E-state index in [-0.39, 0.29) is 0 Å². The van der Waals surface area contributed by atoms with E-state index in [2.05, 4.69) is 40.2 Å². The fourth-order valence-electron chi connectivity index (χ4n) is 3.31. The molecule has 0 amide bonds. The van der Waals surface area contributed by atoms with Crippen molar-refractivity contribution in [3.05, 3.63) is 18.2 Å². The number of rotatable bonds is 4. The largest absolute Gasteiger partial charge is 0.370 e. The molecule has 0 aliphatic carbocycles. The highest BCUT2D eigenvalue weighted by atomic mass is 15.3. The Morgan fingerprint density at radius 3 is 3.10 bits per heavy atom. The Labute approximate surface area is 122 Å². The summed E-state index contributed by atoms with van der Waals surface area (Å²) in [6, 6.07) is 7.07. The van der Waals surface area contributed by atoms with Gasteiger partial charge in [0.2, 0.25) is 0 Å². The third kappa shape index (κ3) is 3.06. The van der Waals surface area contributed by atoms with Crippen LogP contribution in [0, 0.1) is 0 Å². The van der Waals surface area contributed by atoms with Crippen LogP contribution in [0.4, 0.5) is 11.6 Å². The van der Waals surface area contributed by atoms with Gasteiger partial charge in [0.1, 0.15) is 11.6 Å². The van der Waals surface area contributed by atoms with E-state index in [9.17, 15) is 0 Å². The maximum absolute atomic E-state index is 4.77. The summed E-state index contributed by atoms with van der Waals surface area (Å²) in [5.74, 6) is 2.15. The number of piperazine rings is 1. The highest BCUT2D eigenvalue weighted by Crippen LogP contribution is 2.24. The van der Waals surface area contributed by atoms with E-state index in [4.69, 9.17) is 4.98 Å². The van der Waals surface area contributed by atoms with E-state index in [1.807, 2.05) is 0 Å². The molecule has 1 aromatic heterocycles. The van der Waals surface area contributed by atoms with Gasteiger partial charge in [0.25, 0.3) is 0 Å². The molecule has 3 rings (SSSR count). The Balaban J connectivity index is 1.66. The van der Waals surface area contributed by atoms with E-state index in [0.717, 1.165) is 43.7 Å². The number of nitrogens with one attached hydrogen (secondary N) is 1. The maximum Gasteiger partial charge on any atom is 0.131 e. The van der Waals surface area contributed by atoms with E-state index in [1.54, 1.807) is 0 Å². The molecule has 0 radical (unpaired) electrons. The Kier molecular flexibility index (Phi) is 4.41. The first-order valence-corrected chi connectivity index (χ1v) is 8.07. The topological polar surface area (TPSA) is 31.4 Å². The summed E-state index contributed by atoms with van der Waals surface area (Å²) in [5, 5.41) is 3.38. The van der Waals surface area contributed by atoms with E-state index < -0.39 is 0 Å². The number of aromatic nitrogens is 1. The van der Waals surface area contributed by atoms with Crippen LogP contribution in [-0.4, -0.2) is 48.6 Å². The summed E-state index contributed by atoms with van der Waals surface area (Å²) < 4.78 is 0. The lowest BCUT2D eigenvalue weighted by Crippen LogP contribution is -2.55. The molecule has 1 atom stereocenters. The molecule has 1 aromatic rings. The second kappa shape index (κ2) is 6.44. The second-order valence-electron chi connectivity index (χ2n) is 5.94. The molecule has 0 saturated carbocycles. The molecule has 4 heteroatoms. The third-order valence-corrected chi connectivity index (χ3v) is 4.45. The molecule has 0 spiro atoms. The summed E-state index contributed by atoms with van der Waals surface area (Å²) in [6.45, 7) is 7.92. The van der Waals surface area contributed by atoms with Gasteiger partial charge < -0.3 is 10.2 Å². The monoisotopic (exact) mass is 274 g/mol. The molecule has 2 aliphatic rings. The molecule has 4 nitrogen and oxygen atoms in total. The molecule has 1 N–H and O–H groups in total. The van der Waals surface area contributed by atoms with Gasteiger partial charge in [-0.1, -0.05) is 19.4 Å². The Morgan fingerprint density at radius 2 is 2.20 bits per heavy atom. The van der Waals surface area contributed by atoms with Crippen LogP contribution in [0.25, 0.3) is 0 Å². The Morgan fingerprint density at radius 1 is 1.25 bits per heavy atom. The van der Waals surface area contributed by atoms with Gasteiger partial charge >= 0.3 is 0 Å². The molecule has 2 saturated heterocycles. The summed E-state index contributed by atoms with van der Waals surface area (Å²) in [7, 11) is 0. The SMILES string of the molecule is CCCNc1cccc(N2CCN3CCCCC3C2)n1. The summed E-state index contributed by atoms with van der Waals surface area (Å²) in [6.07, 6.45) is 5.25. The quantitative estimate of drug-likeness (QED) is 0.914. The molecule has 110 valence electrons. The summed E-state index contributed by atoms with van der Waals surface area (Å²) in [4.78, 5) is 9.90.